The average molecular weight is 430 g/mol. The van der Waals surface area contributed by atoms with Gasteiger partial charge in [0, 0.05) is 29.3 Å². The van der Waals surface area contributed by atoms with Crippen molar-refractivity contribution in [1.82, 2.24) is 14.6 Å². The molecule has 1 aliphatic carbocycles. The summed E-state index contributed by atoms with van der Waals surface area (Å²) in [7, 11) is 0. The molecule has 4 aromatic rings. The van der Waals surface area contributed by atoms with Crippen molar-refractivity contribution in [2.24, 2.45) is 0 Å². The van der Waals surface area contributed by atoms with Crippen LogP contribution in [0.5, 0.6) is 5.75 Å². The molecular formula is C21H14Cl2FN3O2. The molecule has 0 radical (unpaired) electrons. The van der Waals surface area contributed by atoms with Crippen LogP contribution in [-0.4, -0.2) is 19.7 Å². The van der Waals surface area contributed by atoms with Gasteiger partial charge in [-0.1, -0.05) is 29.3 Å². The van der Waals surface area contributed by atoms with Crippen molar-refractivity contribution in [3.05, 3.63) is 74.5 Å². The van der Waals surface area contributed by atoms with Crippen LogP contribution in [0, 0.1) is 5.82 Å². The number of H-pyrrole nitrogens is 1. The Kier molecular flexibility index (Phi) is 4.15. The first-order valence-electron chi connectivity index (χ1n) is 9.02. The predicted molar refractivity (Wildman–Crippen MR) is 110 cm³/mol. The first-order valence-corrected chi connectivity index (χ1v) is 9.78. The van der Waals surface area contributed by atoms with Gasteiger partial charge in [-0.05, 0) is 42.7 Å². The molecule has 0 spiro atoms. The van der Waals surface area contributed by atoms with Crippen LogP contribution in [0.1, 0.15) is 24.5 Å². The number of hydrogen-bond donors (Lipinski definition) is 2. The summed E-state index contributed by atoms with van der Waals surface area (Å²) in [6.45, 7) is 0. The summed E-state index contributed by atoms with van der Waals surface area (Å²) in [4.78, 5) is 16.3. The van der Waals surface area contributed by atoms with E-state index in [1.54, 1.807) is 12.1 Å². The number of fused-ring (bicyclic) bond motifs is 1. The Morgan fingerprint density at radius 3 is 2.59 bits per heavy atom. The van der Waals surface area contributed by atoms with Gasteiger partial charge in [-0.3, -0.25) is 4.79 Å². The van der Waals surface area contributed by atoms with E-state index in [9.17, 15) is 14.3 Å². The van der Waals surface area contributed by atoms with E-state index in [1.165, 1.54) is 22.8 Å². The molecule has 0 unspecified atom stereocenters. The molecule has 146 valence electrons. The Balaban J connectivity index is 1.77. The number of rotatable bonds is 3. The van der Waals surface area contributed by atoms with E-state index in [2.05, 4.69) is 10.1 Å². The second-order valence-electron chi connectivity index (χ2n) is 7.09. The highest BCUT2D eigenvalue weighted by atomic mass is 35.5. The molecule has 5 rings (SSSR count). The lowest BCUT2D eigenvalue weighted by Gasteiger charge is -2.06. The minimum Gasteiger partial charge on any atom is -0.507 e. The van der Waals surface area contributed by atoms with Crippen LogP contribution in [0.4, 0.5) is 4.39 Å². The molecule has 2 aromatic heterocycles. The van der Waals surface area contributed by atoms with Gasteiger partial charge < -0.3 is 10.1 Å². The van der Waals surface area contributed by atoms with Crippen molar-refractivity contribution >= 4 is 28.8 Å². The third-order valence-electron chi connectivity index (χ3n) is 5.11. The van der Waals surface area contributed by atoms with Gasteiger partial charge in [-0.25, -0.2) is 4.39 Å². The topological polar surface area (TPSA) is 70.4 Å². The van der Waals surface area contributed by atoms with Crippen LogP contribution in [0.2, 0.25) is 10.0 Å². The van der Waals surface area contributed by atoms with E-state index in [4.69, 9.17) is 23.2 Å². The second-order valence-corrected chi connectivity index (χ2v) is 7.91. The number of benzene rings is 2. The zero-order valence-electron chi connectivity index (χ0n) is 14.9. The van der Waals surface area contributed by atoms with E-state index in [-0.39, 0.29) is 22.8 Å². The lowest BCUT2D eigenvalue weighted by atomic mass is 10.0. The summed E-state index contributed by atoms with van der Waals surface area (Å²) >= 11 is 12.3. The Morgan fingerprint density at radius 2 is 1.90 bits per heavy atom. The summed E-state index contributed by atoms with van der Waals surface area (Å²) in [6, 6.07) is 8.84. The summed E-state index contributed by atoms with van der Waals surface area (Å²) in [5, 5.41) is 15.5. The van der Waals surface area contributed by atoms with E-state index in [1.807, 2.05) is 6.07 Å². The van der Waals surface area contributed by atoms with Crippen molar-refractivity contribution in [3.63, 3.8) is 0 Å². The first-order chi connectivity index (χ1) is 13.9. The number of phenols is 1. The average Bonchev–Trinajstić information content (AvgIpc) is 3.45. The lowest BCUT2D eigenvalue weighted by molar-refractivity contribution is 0.471. The van der Waals surface area contributed by atoms with Gasteiger partial charge in [-0.15, -0.1) is 0 Å². The van der Waals surface area contributed by atoms with Gasteiger partial charge >= 0.3 is 0 Å². The van der Waals surface area contributed by atoms with Gasteiger partial charge in [0.2, 0.25) is 0 Å². The highest BCUT2D eigenvalue weighted by Crippen LogP contribution is 2.45. The van der Waals surface area contributed by atoms with E-state index < -0.39 is 11.4 Å². The van der Waals surface area contributed by atoms with Crippen LogP contribution in [-0.2, 0) is 0 Å². The SMILES string of the molecule is O=c1c(-c2ccc(F)cc2O)c[nH]c2c(-c3ccc(Cl)c(Cl)c3)c(C3CC3)nn12. The van der Waals surface area contributed by atoms with Crippen LogP contribution >= 0.6 is 23.2 Å². The maximum atomic E-state index is 13.3. The van der Waals surface area contributed by atoms with E-state index in [0.29, 0.717) is 15.7 Å². The van der Waals surface area contributed by atoms with Crippen molar-refractivity contribution in [2.75, 3.05) is 0 Å². The highest BCUT2D eigenvalue weighted by molar-refractivity contribution is 6.42. The quantitative estimate of drug-likeness (QED) is 0.458. The standard InChI is InChI=1S/C21H14Cl2FN3O2/c22-15-6-3-11(7-16(15)23)18-19(10-1-2-10)26-27-20(18)25-9-14(21(27)29)13-5-4-12(24)8-17(13)28/h3-10,25,28H,1-2H2. The summed E-state index contributed by atoms with van der Waals surface area (Å²) in [5.41, 5.74) is 2.98. The summed E-state index contributed by atoms with van der Waals surface area (Å²) in [5.74, 6) is -0.621. The van der Waals surface area contributed by atoms with Crippen LogP contribution < -0.4 is 5.56 Å². The number of aromatic hydroxyl groups is 1. The fraction of sp³-hybridized carbons (Fsp3) is 0.143. The Morgan fingerprint density at radius 1 is 1.10 bits per heavy atom. The third kappa shape index (κ3) is 2.99. The molecule has 0 saturated heterocycles. The maximum Gasteiger partial charge on any atom is 0.282 e. The number of halogens is 3. The van der Waals surface area contributed by atoms with E-state index >= 15 is 0 Å². The van der Waals surface area contributed by atoms with Crippen LogP contribution in [0.3, 0.4) is 0 Å². The fourth-order valence-corrected chi connectivity index (χ4v) is 3.83. The van der Waals surface area contributed by atoms with Crippen molar-refractivity contribution in [3.8, 4) is 28.0 Å². The van der Waals surface area contributed by atoms with Crippen LogP contribution in [0.25, 0.3) is 27.9 Å². The Bertz CT molecular complexity index is 1340. The summed E-state index contributed by atoms with van der Waals surface area (Å²) < 4.78 is 14.6. The third-order valence-corrected chi connectivity index (χ3v) is 5.85. The molecule has 1 fully saturated rings. The molecule has 0 atom stereocenters. The molecule has 0 aliphatic heterocycles. The van der Waals surface area contributed by atoms with Crippen molar-refractivity contribution in [1.29, 1.82) is 0 Å². The van der Waals surface area contributed by atoms with Gasteiger partial charge in [-0.2, -0.15) is 9.61 Å². The summed E-state index contributed by atoms with van der Waals surface area (Å²) in [6.07, 6.45) is 3.50. The molecule has 2 N–H and O–H groups in total. The molecule has 2 heterocycles. The molecular weight excluding hydrogens is 416 g/mol. The van der Waals surface area contributed by atoms with Gasteiger partial charge in [0.05, 0.1) is 21.3 Å². The van der Waals surface area contributed by atoms with Crippen LogP contribution in [0.15, 0.2) is 47.4 Å². The molecule has 29 heavy (non-hydrogen) atoms. The second kappa shape index (κ2) is 6.61. The maximum absolute atomic E-state index is 13.3. The minimum atomic E-state index is -0.583. The first kappa shape index (κ1) is 18.2. The fourth-order valence-electron chi connectivity index (χ4n) is 3.54. The monoisotopic (exact) mass is 429 g/mol. The molecule has 8 heteroatoms. The zero-order valence-corrected chi connectivity index (χ0v) is 16.4. The number of nitrogens with one attached hydrogen (secondary N) is 1. The Hall–Kier alpha value is -2.83. The molecule has 0 bridgehead atoms. The Labute approximate surface area is 174 Å². The largest absolute Gasteiger partial charge is 0.507 e. The number of phenolic OH excluding ortho intramolecular Hbond substituents is 1. The normalized spacial score (nSPS) is 13.9. The molecule has 0 amide bonds. The van der Waals surface area contributed by atoms with Gasteiger partial charge in [0.25, 0.3) is 5.56 Å². The molecule has 1 saturated carbocycles. The van der Waals surface area contributed by atoms with Crippen molar-refractivity contribution < 1.29 is 9.50 Å². The molecule has 1 aliphatic rings. The molecule has 2 aromatic carbocycles. The predicted octanol–water partition coefficient (Wildman–Crippen LogP) is 5.39. The number of nitrogens with zero attached hydrogens (tertiary/aromatic N) is 2. The smallest absolute Gasteiger partial charge is 0.282 e. The van der Waals surface area contributed by atoms with Crippen molar-refractivity contribution in [2.45, 2.75) is 18.8 Å². The number of hydrogen-bond acceptors (Lipinski definition) is 3. The molecule has 5 nitrogen and oxygen atoms in total. The number of aromatic nitrogens is 3. The lowest BCUT2D eigenvalue weighted by Crippen LogP contribution is -2.17. The highest BCUT2D eigenvalue weighted by Gasteiger charge is 2.32. The van der Waals surface area contributed by atoms with Gasteiger partial charge in [0.15, 0.2) is 0 Å². The van der Waals surface area contributed by atoms with Gasteiger partial charge in [0.1, 0.15) is 17.2 Å². The van der Waals surface area contributed by atoms with E-state index in [0.717, 1.165) is 35.7 Å². The number of aromatic amines is 1. The minimum absolute atomic E-state index is 0.195. The zero-order chi connectivity index (χ0) is 20.3.